The summed E-state index contributed by atoms with van der Waals surface area (Å²) >= 11 is 0. The summed E-state index contributed by atoms with van der Waals surface area (Å²) in [5.74, 6) is 0.101. The molecule has 0 spiro atoms. The molecule has 1 aliphatic rings. The first-order valence-electron chi connectivity index (χ1n) is 6.49. The van der Waals surface area contributed by atoms with Gasteiger partial charge in [0.25, 0.3) is 6.01 Å². The number of amides is 1. The third-order valence-electron chi connectivity index (χ3n) is 3.76. The number of carbonyl (C=O) groups excluding carboxylic acids is 1. The van der Waals surface area contributed by atoms with Crippen LogP contribution in [-0.2, 0) is 4.79 Å². The van der Waals surface area contributed by atoms with Crippen molar-refractivity contribution in [1.82, 2.24) is 9.88 Å². The number of carbonyl (C=O) groups is 1. The fourth-order valence-electron chi connectivity index (χ4n) is 2.48. The summed E-state index contributed by atoms with van der Waals surface area (Å²) < 4.78 is 5.75. The van der Waals surface area contributed by atoms with Crippen molar-refractivity contribution in [1.29, 1.82) is 0 Å². The van der Waals surface area contributed by atoms with E-state index in [9.17, 15) is 4.79 Å². The first kappa shape index (κ1) is 12.0. The summed E-state index contributed by atoms with van der Waals surface area (Å²) in [6.45, 7) is 3.25. The van der Waals surface area contributed by atoms with E-state index >= 15 is 0 Å². The highest BCUT2D eigenvalue weighted by atomic mass is 16.4. The summed E-state index contributed by atoms with van der Waals surface area (Å²) in [6.07, 6.45) is 0.953. The predicted octanol–water partition coefficient (Wildman–Crippen LogP) is 1.88. The maximum Gasteiger partial charge on any atom is 0.298 e. The van der Waals surface area contributed by atoms with E-state index < -0.39 is 0 Å². The fourth-order valence-corrected chi connectivity index (χ4v) is 2.48. The summed E-state index contributed by atoms with van der Waals surface area (Å²) in [6, 6.07) is 8.64. The smallest absolute Gasteiger partial charge is 0.298 e. The summed E-state index contributed by atoms with van der Waals surface area (Å²) in [4.78, 5) is 19.8. The number of para-hydroxylation sites is 2. The predicted molar refractivity (Wildman–Crippen MR) is 73.1 cm³/mol. The van der Waals surface area contributed by atoms with Crippen molar-refractivity contribution in [2.75, 3.05) is 25.0 Å². The molecule has 3 rings (SSSR count). The molecule has 19 heavy (non-hydrogen) atoms. The van der Waals surface area contributed by atoms with Crippen molar-refractivity contribution in [2.45, 2.75) is 19.4 Å². The zero-order valence-electron chi connectivity index (χ0n) is 11.2. The Kier molecular flexibility index (Phi) is 2.89. The zero-order valence-corrected chi connectivity index (χ0v) is 11.2. The van der Waals surface area contributed by atoms with E-state index in [2.05, 4.69) is 9.88 Å². The van der Waals surface area contributed by atoms with Gasteiger partial charge in [0.05, 0.1) is 6.04 Å². The average molecular weight is 259 g/mol. The van der Waals surface area contributed by atoms with E-state index in [0.717, 1.165) is 30.6 Å². The Morgan fingerprint density at radius 3 is 3.00 bits per heavy atom. The zero-order chi connectivity index (χ0) is 13.4. The minimum Gasteiger partial charge on any atom is -0.423 e. The van der Waals surface area contributed by atoms with Crippen molar-refractivity contribution in [3.8, 4) is 0 Å². The van der Waals surface area contributed by atoms with Gasteiger partial charge >= 0.3 is 0 Å². The van der Waals surface area contributed by atoms with E-state index in [0.29, 0.717) is 6.01 Å². The van der Waals surface area contributed by atoms with Gasteiger partial charge in [-0.2, -0.15) is 4.98 Å². The molecule has 1 unspecified atom stereocenters. The van der Waals surface area contributed by atoms with Crippen LogP contribution in [0.3, 0.4) is 0 Å². The topological polar surface area (TPSA) is 49.6 Å². The molecule has 1 aliphatic heterocycles. The maximum atomic E-state index is 11.4. The van der Waals surface area contributed by atoms with Crippen molar-refractivity contribution < 1.29 is 9.21 Å². The van der Waals surface area contributed by atoms with Crippen LogP contribution < -0.4 is 4.90 Å². The van der Waals surface area contributed by atoms with Gasteiger partial charge in [0.2, 0.25) is 5.91 Å². The Morgan fingerprint density at radius 2 is 2.26 bits per heavy atom. The van der Waals surface area contributed by atoms with Crippen molar-refractivity contribution in [2.24, 2.45) is 0 Å². The molecule has 5 heteroatoms. The van der Waals surface area contributed by atoms with Gasteiger partial charge in [-0.25, -0.2) is 0 Å². The van der Waals surface area contributed by atoms with Gasteiger partial charge in [-0.1, -0.05) is 12.1 Å². The van der Waals surface area contributed by atoms with Gasteiger partial charge in [-0.15, -0.1) is 0 Å². The van der Waals surface area contributed by atoms with Gasteiger partial charge in [-0.3, -0.25) is 4.79 Å². The van der Waals surface area contributed by atoms with Crippen LogP contribution in [0.2, 0.25) is 0 Å². The van der Waals surface area contributed by atoms with E-state index in [1.165, 1.54) is 0 Å². The second-order valence-corrected chi connectivity index (χ2v) is 4.98. The summed E-state index contributed by atoms with van der Waals surface area (Å²) in [5, 5.41) is 0. The quantitative estimate of drug-likeness (QED) is 0.826. The Hall–Kier alpha value is -2.04. The molecule has 0 aliphatic carbocycles. The lowest BCUT2D eigenvalue weighted by molar-refractivity contribution is -0.129. The third kappa shape index (κ3) is 2.16. The number of anilines is 1. The number of aromatic nitrogens is 1. The number of fused-ring (bicyclic) bond motifs is 1. The Bertz CT molecular complexity index is 575. The molecular weight excluding hydrogens is 242 g/mol. The molecule has 1 saturated heterocycles. The monoisotopic (exact) mass is 259 g/mol. The molecule has 2 heterocycles. The lowest BCUT2D eigenvalue weighted by Gasteiger charge is -2.22. The standard InChI is InChI=1S/C14H17N3O2/c1-10(18)16(2)11-7-8-17(9-11)14-15-12-5-3-4-6-13(12)19-14/h3-6,11H,7-9H2,1-2H3. The van der Waals surface area contributed by atoms with Gasteiger partial charge in [0, 0.05) is 27.1 Å². The SMILES string of the molecule is CC(=O)N(C)C1CCN(c2nc3ccccc3o2)C1. The largest absolute Gasteiger partial charge is 0.423 e. The van der Waals surface area contributed by atoms with Crippen molar-refractivity contribution >= 4 is 23.0 Å². The minimum atomic E-state index is 0.101. The highest BCUT2D eigenvalue weighted by Gasteiger charge is 2.29. The van der Waals surface area contributed by atoms with Crippen LogP contribution in [0.4, 0.5) is 6.01 Å². The molecule has 0 radical (unpaired) electrons. The number of benzene rings is 1. The van der Waals surface area contributed by atoms with Crippen LogP contribution in [-0.4, -0.2) is 42.0 Å². The second-order valence-electron chi connectivity index (χ2n) is 4.98. The molecule has 1 aromatic heterocycles. The van der Waals surface area contributed by atoms with Crippen LogP contribution >= 0.6 is 0 Å². The summed E-state index contributed by atoms with van der Waals surface area (Å²) in [7, 11) is 1.85. The number of nitrogens with zero attached hydrogens (tertiary/aromatic N) is 3. The molecule has 0 bridgehead atoms. The lowest BCUT2D eigenvalue weighted by atomic mass is 10.2. The van der Waals surface area contributed by atoms with Gasteiger partial charge in [0.1, 0.15) is 5.52 Å². The molecule has 1 atom stereocenters. The summed E-state index contributed by atoms with van der Waals surface area (Å²) in [5.41, 5.74) is 1.68. The third-order valence-corrected chi connectivity index (χ3v) is 3.76. The molecule has 0 saturated carbocycles. The highest BCUT2D eigenvalue weighted by Crippen LogP contribution is 2.25. The molecule has 100 valence electrons. The molecule has 0 N–H and O–H groups in total. The Balaban J connectivity index is 1.79. The molecule has 5 nitrogen and oxygen atoms in total. The molecule has 1 fully saturated rings. The molecule has 2 aromatic rings. The van der Waals surface area contributed by atoms with Crippen LogP contribution in [0.25, 0.3) is 11.1 Å². The Labute approximate surface area is 111 Å². The molecule has 1 amide bonds. The van der Waals surface area contributed by atoms with Crippen LogP contribution in [0.1, 0.15) is 13.3 Å². The molecular formula is C14H17N3O2. The minimum absolute atomic E-state index is 0.101. The maximum absolute atomic E-state index is 11.4. The Morgan fingerprint density at radius 1 is 1.47 bits per heavy atom. The number of oxazole rings is 1. The lowest BCUT2D eigenvalue weighted by Crippen LogP contribution is -2.37. The normalized spacial score (nSPS) is 19.1. The molecule has 1 aromatic carbocycles. The van der Waals surface area contributed by atoms with Crippen LogP contribution in [0.15, 0.2) is 28.7 Å². The van der Waals surface area contributed by atoms with E-state index in [1.807, 2.05) is 31.3 Å². The highest BCUT2D eigenvalue weighted by molar-refractivity contribution is 5.75. The number of rotatable bonds is 2. The number of likely N-dealkylation sites (N-methyl/N-ethyl adjacent to an activating group) is 1. The average Bonchev–Trinajstić information content (AvgIpc) is 3.03. The van der Waals surface area contributed by atoms with Gasteiger partial charge in [0.15, 0.2) is 5.58 Å². The van der Waals surface area contributed by atoms with Gasteiger partial charge in [-0.05, 0) is 18.6 Å². The van der Waals surface area contributed by atoms with Gasteiger partial charge < -0.3 is 14.2 Å². The van der Waals surface area contributed by atoms with Crippen molar-refractivity contribution in [3.63, 3.8) is 0 Å². The van der Waals surface area contributed by atoms with E-state index in [4.69, 9.17) is 4.42 Å². The second kappa shape index (κ2) is 4.57. The number of hydrogen-bond donors (Lipinski definition) is 0. The van der Waals surface area contributed by atoms with E-state index in [1.54, 1.807) is 11.8 Å². The van der Waals surface area contributed by atoms with Crippen LogP contribution in [0, 0.1) is 0 Å². The fraction of sp³-hybridized carbons (Fsp3) is 0.429. The number of hydrogen-bond acceptors (Lipinski definition) is 4. The van der Waals surface area contributed by atoms with Crippen molar-refractivity contribution in [3.05, 3.63) is 24.3 Å². The first-order chi connectivity index (χ1) is 9.15. The van der Waals surface area contributed by atoms with Crippen LogP contribution in [0.5, 0.6) is 0 Å². The first-order valence-corrected chi connectivity index (χ1v) is 6.49. The van der Waals surface area contributed by atoms with E-state index in [-0.39, 0.29) is 11.9 Å².